The molecule has 4 nitrogen and oxygen atoms in total. The van der Waals surface area contributed by atoms with Crippen LogP contribution in [0.4, 0.5) is 0 Å². The molecule has 15 heavy (non-hydrogen) atoms. The van der Waals surface area contributed by atoms with E-state index in [1.165, 1.54) is 0 Å². The van der Waals surface area contributed by atoms with Gasteiger partial charge in [-0.15, -0.1) is 0 Å². The van der Waals surface area contributed by atoms with E-state index < -0.39 is 0 Å². The summed E-state index contributed by atoms with van der Waals surface area (Å²) in [6, 6.07) is 1.81. The van der Waals surface area contributed by atoms with Crippen LogP contribution in [0.25, 0.3) is 5.82 Å². The minimum Gasteiger partial charge on any atom is -0.326 e. The molecule has 2 aromatic rings. The van der Waals surface area contributed by atoms with Crippen LogP contribution in [0.2, 0.25) is 5.02 Å². The van der Waals surface area contributed by atoms with Gasteiger partial charge in [-0.25, -0.2) is 9.67 Å². The Morgan fingerprint density at radius 2 is 2.33 bits per heavy atom. The monoisotopic (exact) mass is 222 g/mol. The Balaban J connectivity index is 2.53. The summed E-state index contributed by atoms with van der Waals surface area (Å²) >= 11 is 6.15. The highest BCUT2D eigenvalue weighted by Gasteiger charge is 2.08. The van der Waals surface area contributed by atoms with E-state index in [1.807, 2.05) is 19.2 Å². The zero-order valence-corrected chi connectivity index (χ0v) is 9.07. The summed E-state index contributed by atoms with van der Waals surface area (Å²) in [6.07, 6.45) is 5.31. The maximum Gasteiger partial charge on any atom is 0.172 e. The van der Waals surface area contributed by atoms with Crippen LogP contribution in [-0.2, 0) is 6.54 Å². The Kier molecular flexibility index (Phi) is 2.70. The van der Waals surface area contributed by atoms with Crippen molar-refractivity contribution in [1.29, 1.82) is 0 Å². The molecule has 0 fully saturated rings. The first-order valence-electron chi connectivity index (χ1n) is 4.57. The highest BCUT2D eigenvalue weighted by Crippen LogP contribution is 2.21. The predicted molar refractivity (Wildman–Crippen MR) is 59.0 cm³/mol. The first-order chi connectivity index (χ1) is 7.22. The number of rotatable bonds is 2. The molecule has 2 rings (SSSR count). The lowest BCUT2D eigenvalue weighted by atomic mass is 10.2. The fourth-order valence-corrected chi connectivity index (χ4v) is 1.59. The van der Waals surface area contributed by atoms with E-state index in [1.54, 1.807) is 17.1 Å². The number of halogens is 1. The molecule has 0 radical (unpaired) electrons. The average molecular weight is 223 g/mol. The van der Waals surface area contributed by atoms with Crippen molar-refractivity contribution in [2.45, 2.75) is 13.5 Å². The Hall–Kier alpha value is -1.39. The molecule has 0 aliphatic rings. The summed E-state index contributed by atoms with van der Waals surface area (Å²) in [6.45, 7) is 2.36. The van der Waals surface area contributed by atoms with E-state index in [-0.39, 0.29) is 0 Å². The SMILES string of the molecule is Cc1cnn(-c2nccc(CN)c2Cl)c1. The van der Waals surface area contributed by atoms with E-state index in [0.717, 1.165) is 11.1 Å². The fourth-order valence-electron chi connectivity index (χ4n) is 1.32. The number of hydrogen-bond acceptors (Lipinski definition) is 3. The molecule has 2 aromatic heterocycles. The van der Waals surface area contributed by atoms with E-state index in [2.05, 4.69) is 10.1 Å². The Bertz CT molecular complexity index is 478. The molecule has 0 atom stereocenters. The van der Waals surface area contributed by atoms with Crippen LogP contribution in [-0.4, -0.2) is 14.8 Å². The smallest absolute Gasteiger partial charge is 0.172 e. The van der Waals surface area contributed by atoms with Crippen molar-refractivity contribution in [3.05, 3.63) is 40.8 Å². The molecular weight excluding hydrogens is 212 g/mol. The average Bonchev–Trinajstić information content (AvgIpc) is 2.65. The number of nitrogens with zero attached hydrogens (tertiary/aromatic N) is 3. The lowest BCUT2D eigenvalue weighted by molar-refractivity contribution is 0.841. The second kappa shape index (κ2) is 4.00. The normalized spacial score (nSPS) is 10.6. The molecule has 0 aromatic carbocycles. The molecule has 2 N–H and O–H groups in total. The van der Waals surface area contributed by atoms with Gasteiger partial charge in [-0.1, -0.05) is 11.6 Å². The number of nitrogens with two attached hydrogens (primary N) is 1. The summed E-state index contributed by atoms with van der Waals surface area (Å²) in [5.41, 5.74) is 7.49. The maximum atomic E-state index is 6.15. The molecule has 0 aliphatic heterocycles. The Morgan fingerprint density at radius 3 is 2.93 bits per heavy atom. The van der Waals surface area contributed by atoms with Gasteiger partial charge in [-0.05, 0) is 24.1 Å². The van der Waals surface area contributed by atoms with Crippen LogP contribution >= 0.6 is 11.6 Å². The predicted octanol–water partition coefficient (Wildman–Crippen LogP) is 1.69. The van der Waals surface area contributed by atoms with Gasteiger partial charge in [0.2, 0.25) is 0 Å². The second-order valence-corrected chi connectivity index (χ2v) is 3.65. The number of aryl methyl sites for hydroxylation is 1. The van der Waals surface area contributed by atoms with Gasteiger partial charge < -0.3 is 5.73 Å². The molecule has 78 valence electrons. The molecule has 0 amide bonds. The quantitative estimate of drug-likeness (QED) is 0.841. The van der Waals surface area contributed by atoms with Gasteiger partial charge in [0, 0.05) is 18.9 Å². The van der Waals surface area contributed by atoms with Crippen LogP contribution in [0.3, 0.4) is 0 Å². The van der Waals surface area contributed by atoms with Crippen molar-refractivity contribution in [2.75, 3.05) is 0 Å². The topological polar surface area (TPSA) is 56.7 Å². The van der Waals surface area contributed by atoms with Crippen LogP contribution in [0.15, 0.2) is 24.7 Å². The molecule has 0 saturated carbocycles. The van der Waals surface area contributed by atoms with Crippen molar-refractivity contribution in [3.8, 4) is 5.82 Å². The first-order valence-corrected chi connectivity index (χ1v) is 4.95. The summed E-state index contributed by atoms with van der Waals surface area (Å²) in [5.74, 6) is 0.618. The van der Waals surface area contributed by atoms with E-state index in [4.69, 9.17) is 17.3 Å². The summed E-state index contributed by atoms with van der Waals surface area (Å²) < 4.78 is 1.65. The third-order valence-corrected chi connectivity index (χ3v) is 2.51. The number of hydrogen-bond donors (Lipinski definition) is 1. The van der Waals surface area contributed by atoms with Crippen LogP contribution in [0.1, 0.15) is 11.1 Å². The summed E-state index contributed by atoms with van der Waals surface area (Å²) in [7, 11) is 0. The highest BCUT2D eigenvalue weighted by atomic mass is 35.5. The van der Waals surface area contributed by atoms with Crippen LogP contribution < -0.4 is 5.73 Å². The van der Waals surface area contributed by atoms with Crippen LogP contribution in [0, 0.1) is 6.92 Å². The van der Waals surface area contributed by atoms with E-state index in [0.29, 0.717) is 17.4 Å². The summed E-state index contributed by atoms with van der Waals surface area (Å²) in [5, 5.41) is 4.71. The minimum absolute atomic E-state index is 0.397. The van der Waals surface area contributed by atoms with Crippen molar-refractivity contribution in [3.63, 3.8) is 0 Å². The summed E-state index contributed by atoms with van der Waals surface area (Å²) in [4.78, 5) is 4.18. The molecule has 2 heterocycles. The third-order valence-electron chi connectivity index (χ3n) is 2.10. The van der Waals surface area contributed by atoms with Crippen molar-refractivity contribution in [2.24, 2.45) is 5.73 Å². The fraction of sp³-hybridized carbons (Fsp3) is 0.200. The van der Waals surface area contributed by atoms with Gasteiger partial charge in [0.25, 0.3) is 0 Å². The van der Waals surface area contributed by atoms with E-state index >= 15 is 0 Å². The molecule has 0 saturated heterocycles. The number of pyridine rings is 1. The lowest BCUT2D eigenvalue weighted by Gasteiger charge is -2.06. The maximum absolute atomic E-state index is 6.15. The standard InChI is InChI=1S/C10H11ClN4/c1-7-5-14-15(6-7)10-9(11)8(4-12)2-3-13-10/h2-3,5-6H,4,12H2,1H3. The van der Waals surface area contributed by atoms with Crippen molar-refractivity contribution >= 4 is 11.6 Å². The largest absolute Gasteiger partial charge is 0.326 e. The Labute approximate surface area is 92.7 Å². The zero-order valence-electron chi connectivity index (χ0n) is 8.31. The molecule has 0 unspecified atom stereocenters. The third kappa shape index (κ3) is 1.86. The van der Waals surface area contributed by atoms with Crippen LogP contribution in [0.5, 0.6) is 0 Å². The highest BCUT2D eigenvalue weighted by molar-refractivity contribution is 6.32. The number of aromatic nitrogens is 3. The lowest BCUT2D eigenvalue weighted by Crippen LogP contribution is -2.04. The molecule has 5 heteroatoms. The van der Waals surface area contributed by atoms with E-state index in [9.17, 15) is 0 Å². The van der Waals surface area contributed by atoms with Gasteiger partial charge in [-0.3, -0.25) is 0 Å². The Morgan fingerprint density at radius 1 is 1.53 bits per heavy atom. The van der Waals surface area contributed by atoms with Gasteiger partial charge >= 0.3 is 0 Å². The molecule has 0 bridgehead atoms. The molecular formula is C10H11ClN4. The van der Waals surface area contributed by atoms with Crippen molar-refractivity contribution < 1.29 is 0 Å². The van der Waals surface area contributed by atoms with Gasteiger partial charge in [0.15, 0.2) is 5.82 Å². The van der Waals surface area contributed by atoms with Gasteiger partial charge in [-0.2, -0.15) is 5.10 Å². The van der Waals surface area contributed by atoms with Gasteiger partial charge in [0.05, 0.1) is 11.2 Å². The van der Waals surface area contributed by atoms with Gasteiger partial charge in [0.1, 0.15) is 0 Å². The minimum atomic E-state index is 0.397. The second-order valence-electron chi connectivity index (χ2n) is 3.27. The first kappa shape index (κ1) is 10.1. The van der Waals surface area contributed by atoms with Crippen molar-refractivity contribution in [1.82, 2.24) is 14.8 Å². The zero-order chi connectivity index (χ0) is 10.8. The molecule has 0 spiro atoms. The molecule has 0 aliphatic carbocycles.